The van der Waals surface area contributed by atoms with Crippen LogP contribution in [0.3, 0.4) is 0 Å². The van der Waals surface area contributed by atoms with Crippen molar-refractivity contribution in [2.75, 3.05) is 18.0 Å². The van der Waals surface area contributed by atoms with E-state index in [2.05, 4.69) is 59.9 Å². The van der Waals surface area contributed by atoms with E-state index in [0.29, 0.717) is 6.54 Å². The van der Waals surface area contributed by atoms with Crippen LogP contribution in [0.25, 0.3) is 0 Å². The zero-order chi connectivity index (χ0) is 17.8. The fourth-order valence-electron chi connectivity index (χ4n) is 3.71. The normalized spacial score (nSPS) is 13.0. The largest absolute Gasteiger partial charge is 0.328 e. The van der Waals surface area contributed by atoms with Gasteiger partial charge in [-0.15, -0.1) is 0 Å². The predicted molar refractivity (Wildman–Crippen MR) is 104 cm³/mol. The monoisotopic (exact) mass is 343 g/mol. The van der Waals surface area contributed by atoms with Crippen molar-refractivity contribution in [3.63, 3.8) is 0 Å². The van der Waals surface area contributed by atoms with Crippen molar-refractivity contribution in [3.8, 4) is 0 Å². The molecular weight excluding hydrogens is 320 g/mol. The number of quaternary nitrogens is 1. The van der Waals surface area contributed by atoms with Crippen LogP contribution < -0.4 is 10.2 Å². The van der Waals surface area contributed by atoms with Gasteiger partial charge in [0.05, 0.1) is 0 Å². The Morgan fingerprint density at radius 3 is 2.08 bits per heavy atom. The first-order valence-electron chi connectivity index (χ1n) is 9.14. The smallest absolute Gasteiger partial charge is 0.282 e. The van der Waals surface area contributed by atoms with Gasteiger partial charge in [0.1, 0.15) is 6.04 Å². The van der Waals surface area contributed by atoms with E-state index in [1.165, 1.54) is 16.7 Å². The number of nitrogens with two attached hydrogens (primary N) is 1. The van der Waals surface area contributed by atoms with E-state index in [-0.39, 0.29) is 11.9 Å². The highest BCUT2D eigenvalue weighted by molar-refractivity contribution is 5.96. The molecule has 0 aliphatic carbocycles. The molecule has 1 aliphatic heterocycles. The van der Waals surface area contributed by atoms with Crippen molar-refractivity contribution in [2.45, 2.75) is 12.5 Å². The van der Waals surface area contributed by atoms with Gasteiger partial charge in [-0.05, 0) is 18.1 Å². The fourth-order valence-corrected chi connectivity index (χ4v) is 3.71. The molecule has 3 nitrogen and oxygen atoms in total. The molecule has 3 heteroatoms. The van der Waals surface area contributed by atoms with Gasteiger partial charge in [0.2, 0.25) is 0 Å². The first-order chi connectivity index (χ1) is 12.8. The third-order valence-corrected chi connectivity index (χ3v) is 5.03. The number of anilines is 1. The van der Waals surface area contributed by atoms with Crippen LogP contribution in [0.15, 0.2) is 84.9 Å². The van der Waals surface area contributed by atoms with Crippen LogP contribution >= 0.6 is 0 Å². The molecule has 0 spiro atoms. The number of hydrogen-bond donors (Lipinski definition) is 1. The molecule has 130 valence electrons. The molecule has 0 radical (unpaired) electrons. The standard InChI is InChI=1S/C23H22N2O/c26-22(25-16-15-18-9-7-8-14-21(18)25)17-24-23(19-10-3-1-4-11-19)20-12-5-2-6-13-20/h1-14,23-24H,15-17H2/p+1. The molecule has 1 amide bonds. The molecule has 0 unspecified atom stereocenters. The number of hydrogen-bond acceptors (Lipinski definition) is 1. The summed E-state index contributed by atoms with van der Waals surface area (Å²) in [5.74, 6) is 0.173. The lowest BCUT2D eigenvalue weighted by atomic mass is 9.99. The molecule has 1 heterocycles. The number of carbonyl (C=O) groups is 1. The number of amides is 1. The Morgan fingerprint density at radius 2 is 1.42 bits per heavy atom. The van der Waals surface area contributed by atoms with E-state index in [1.54, 1.807) is 0 Å². The molecule has 0 bridgehead atoms. The van der Waals surface area contributed by atoms with E-state index < -0.39 is 0 Å². The van der Waals surface area contributed by atoms with Gasteiger partial charge in [-0.1, -0.05) is 78.9 Å². The Kier molecular flexibility index (Phi) is 4.80. The second-order valence-electron chi connectivity index (χ2n) is 6.66. The van der Waals surface area contributed by atoms with Gasteiger partial charge in [-0.3, -0.25) is 4.79 Å². The molecule has 3 aromatic rings. The lowest BCUT2D eigenvalue weighted by Gasteiger charge is -2.20. The Labute approximate surface area is 154 Å². The van der Waals surface area contributed by atoms with Gasteiger partial charge in [0, 0.05) is 23.4 Å². The molecule has 0 saturated carbocycles. The van der Waals surface area contributed by atoms with E-state index in [0.717, 1.165) is 18.7 Å². The lowest BCUT2D eigenvalue weighted by Crippen LogP contribution is -2.87. The van der Waals surface area contributed by atoms with Gasteiger partial charge >= 0.3 is 0 Å². The molecule has 4 rings (SSSR count). The molecular formula is C23H23N2O+. The van der Waals surface area contributed by atoms with Crippen LogP contribution in [0.4, 0.5) is 5.69 Å². The lowest BCUT2D eigenvalue weighted by molar-refractivity contribution is -0.676. The van der Waals surface area contributed by atoms with Gasteiger partial charge in [0.25, 0.3) is 5.91 Å². The van der Waals surface area contributed by atoms with E-state index in [1.807, 2.05) is 35.2 Å². The van der Waals surface area contributed by atoms with Crippen LogP contribution in [-0.4, -0.2) is 19.0 Å². The number of carbonyl (C=O) groups excluding carboxylic acids is 1. The second kappa shape index (κ2) is 7.54. The minimum Gasteiger partial charge on any atom is -0.328 e. The third kappa shape index (κ3) is 3.39. The molecule has 0 aromatic heterocycles. The van der Waals surface area contributed by atoms with Crippen molar-refractivity contribution in [2.24, 2.45) is 0 Å². The number of rotatable bonds is 5. The molecule has 1 aliphatic rings. The molecule has 3 aromatic carbocycles. The highest BCUT2D eigenvalue weighted by Crippen LogP contribution is 2.27. The zero-order valence-electron chi connectivity index (χ0n) is 14.7. The first-order valence-corrected chi connectivity index (χ1v) is 9.14. The van der Waals surface area contributed by atoms with Crippen molar-refractivity contribution in [1.29, 1.82) is 0 Å². The van der Waals surface area contributed by atoms with Crippen molar-refractivity contribution >= 4 is 11.6 Å². The maximum absolute atomic E-state index is 12.9. The Hall–Kier alpha value is -2.91. The minimum atomic E-state index is 0.124. The molecule has 0 fully saturated rings. The average molecular weight is 343 g/mol. The second-order valence-corrected chi connectivity index (χ2v) is 6.66. The topological polar surface area (TPSA) is 36.9 Å². The number of nitrogens with zero attached hydrogens (tertiary/aromatic N) is 1. The quantitative estimate of drug-likeness (QED) is 0.760. The SMILES string of the molecule is O=C(C[NH2+]C(c1ccccc1)c1ccccc1)N1CCc2ccccc21. The maximum atomic E-state index is 12.9. The van der Waals surface area contributed by atoms with Crippen molar-refractivity contribution in [3.05, 3.63) is 102 Å². The van der Waals surface area contributed by atoms with Gasteiger partial charge in [-0.25, -0.2) is 0 Å². The fraction of sp³-hybridized carbons (Fsp3) is 0.174. The van der Waals surface area contributed by atoms with Crippen LogP contribution in [-0.2, 0) is 11.2 Å². The first kappa shape index (κ1) is 16.6. The molecule has 0 saturated heterocycles. The highest BCUT2D eigenvalue weighted by Gasteiger charge is 2.26. The summed E-state index contributed by atoms with van der Waals surface area (Å²) in [6.07, 6.45) is 0.947. The third-order valence-electron chi connectivity index (χ3n) is 5.03. The summed E-state index contributed by atoms with van der Waals surface area (Å²) >= 11 is 0. The summed E-state index contributed by atoms with van der Waals surface area (Å²) in [5.41, 5.74) is 4.77. The molecule has 26 heavy (non-hydrogen) atoms. The molecule has 2 N–H and O–H groups in total. The summed E-state index contributed by atoms with van der Waals surface area (Å²) in [4.78, 5) is 14.8. The highest BCUT2D eigenvalue weighted by atomic mass is 16.2. The van der Waals surface area contributed by atoms with E-state index in [4.69, 9.17) is 0 Å². The summed E-state index contributed by atoms with van der Waals surface area (Å²) < 4.78 is 0. The summed E-state index contributed by atoms with van der Waals surface area (Å²) in [5, 5.41) is 2.15. The van der Waals surface area contributed by atoms with Crippen LogP contribution in [0.1, 0.15) is 22.7 Å². The van der Waals surface area contributed by atoms with E-state index >= 15 is 0 Å². The van der Waals surface area contributed by atoms with Gasteiger partial charge in [-0.2, -0.15) is 0 Å². The van der Waals surface area contributed by atoms with Crippen LogP contribution in [0.2, 0.25) is 0 Å². The maximum Gasteiger partial charge on any atom is 0.282 e. The number of para-hydroxylation sites is 1. The zero-order valence-corrected chi connectivity index (χ0v) is 14.7. The molecule has 0 atom stereocenters. The Bertz CT molecular complexity index is 837. The minimum absolute atomic E-state index is 0.124. The Morgan fingerprint density at radius 1 is 0.846 bits per heavy atom. The summed E-state index contributed by atoms with van der Waals surface area (Å²) in [6, 6.07) is 29.1. The summed E-state index contributed by atoms with van der Waals surface area (Å²) in [7, 11) is 0. The number of fused-ring (bicyclic) bond motifs is 1. The summed E-state index contributed by atoms with van der Waals surface area (Å²) in [6.45, 7) is 1.22. The van der Waals surface area contributed by atoms with Gasteiger partial charge < -0.3 is 10.2 Å². The average Bonchev–Trinajstić information content (AvgIpc) is 3.14. The number of benzene rings is 3. The van der Waals surface area contributed by atoms with Crippen LogP contribution in [0, 0.1) is 0 Å². The van der Waals surface area contributed by atoms with Crippen molar-refractivity contribution < 1.29 is 10.1 Å². The van der Waals surface area contributed by atoms with Crippen molar-refractivity contribution in [1.82, 2.24) is 0 Å². The predicted octanol–water partition coefficient (Wildman–Crippen LogP) is 2.93. The van der Waals surface area contributed by atoms with Crippen LogP contribution in [0.5, 0.6) is 0 Å². The van der Waals surface area contributed by atoms with Gasteiger partial charge in [0.15, 0.2) is 6.54 Å². The van der Waals surface area contributed by atoms with E-state index in [9.17, 15) is 4.79 Å². The Balaban J connectivity index is 1.51.